The predicted molar refractivity (Wildman–Crippen MR) is 76.4 cm³/mol. The summed E-state index contributed by atoms with van der Waals surface area (Å²) in [7, 11) is 2.14. The fourth-order valence-corrected chi connectivity index (χ4v) is 2.61. The zero-order valence-electron chi connectivity index (χ0n) is 12.1. The van der Waals surface area contributed by atoms with Crippen LogP contribution >= 0.6 is 0 Å². The Labute approximate surface area is 115 Å². The molecule has 0 saturated carbocycles. The van der Waals surface area contributed by atoms with Crippen LogP contribution in [0.1, 0.15) is 25.8 Å². The van der Waals surface area contributed by atoms with Gasteiger partial charge in [0.05, 0.1) is 0 Å². The van der Waals surface area contributed by atoms with Gasteiger partial charge in [0.15, 0.2) is 11.5 Å². The molecule has 2 N–H and O–H groups in total. The van der Waals surface area contributed by atoms with Crippen molar-refractivity contribution < 1.29 is 9.47 Å². The molecule has 2 rings (SSSR count). The van der Waals surface area contributed by atoms with E-state index in [2.05, 4.69) is 37.9 Å². The van der Waals surface area contributed by atoms with E-state index in [4.69, 9.17) is 15.2 Å². The Bertz CT molecular complexity index is 432. The average Bonchev–Trinajstić information content (AvgIpc) is 2.74. The first-order valence-corrected chi connectivity index (χ1v) is 6.77. The molecule has 0 saturated heterocycles. The second-order valence-electron chi connectivity index (χ2n) is 6.06. The minimum absolute atomic E-state index is 0.250. The molecule has 1 aliphatic heterocycles. The van der Waals surface area contributed by atoms with E-state index < -0.39 is 0 Å². The van der Waals surface area contributed by atoms with Crippen molar-refractivity contribution in [3.8, 4) is 11.5 Å². The van der Waals surface area contributed by atoms with E-state index in [1.54, 1.807) is 0 Å². The van der Waals surface area contributed by atoms with Crippen LogP contribution in [-0.2, 0) is 6.54 Å². The second-order valence-corrected chi connectivity index (χ2v) is 6.06. The van der Waals surface area contributed by atoms with Crippen molar-refractivity contribution in [3.05, 3.63) is 23.8 Å². The normalized spacial score (nSPS) is 14.2. The Hall–Kier alpha value is -1.26. The quantitative estimate of drug-likeness (QED) is 0.856. The maximum absolute atomic E-state index is 5.66. The highest BCUT2D eigenvalue weighted by Gasteiger charge is 2.20. The van der Waals surface area contributed by atoms with Crippen molar-refractivity contribution in [2.24, 2.45) is 11.1 Å². The molecule has 1 aliphatic rings. The SMILES string of the molecule is CN(Cc1ccc2c(c1)OCO2)CC(C)(C)CCN. The van der Waals surface area contributed by atoms with Crippen LogP contribution in [0.2, 0.25) is 0 Å². The summed E-state index contributed by atoms with van der Waals surface area (Å²) in [5.41, 5.74) is 7.15. The molecule has 4 nitrogen and oxygen atoms in total. The van der Waals surface area contributed by atoms with Crippen LogP contribution in [0.5, 0.6) is 11.5 Å². The molecule has 0 aliphatic carbocycles. The van der Waals surface area contributed by atoms with Crippen molar-refractivity contribution in [3.63, 3.8) is 0 Å². The first kappa shape index (κ1) is 14.2. The zero-order valence-corrected chi connectivity index (χ0v) is 12.1. The number of hydrogen-bond donors (Lipinski definition) is 1. The molecule has 0 atom stereocenters. The molecule has 0 fully saturated rings. The van der Waals surface area contributed by atoms with E-state index in [9.17, 15) is 0 Å². The predicted octanol–water partition coefficient (Wildman–Crippen LogP) is 2.22. The molecule has 0 spiro atoms. The smallest absolute Gasteiger partial charge is 0.231 e. The number of ether oxygens (including phenoxy) is 2. The first-order chi connectivity index (χ1) is 9.00. The number of rotatable bonds is 6. The third-order valence-electron chi connectivity index (χ3n) is 3.41. The fraction of sp³-hybridized carbons (Fsp3) is 0.600. The minimum atomic E-state index is 0.250. The van der Waals surface area contributed by atoms with Crippen LogP contribution < -0.4 is 15.2 Å². The number of benzene rings is 1. The molecule has 0 aromatic heterocycles. The molecule has 0 radical (unpaired) electrons. The number of fused-ring (bicyclic) bond motifs is 1. The van der Waals surface area contributed by atoms with Gasteiger partial charge in [-0.25, -0.2) is 0 Å². The van der Waals surface area contributed by atoms with Crippen LogP contribution in [0.3, 0.4) is 0 Å². The lowest BCUT2D eigenvalue weighted by molar-refractivity contribution is 0.173. The molecule has 0 amide bonds. The molecule has 4 heteroatoms. The maximum atomic E-state index is 5.66. The third-order valence-corrected chi connectivity index (χ3v) is 3.41. The molecule has 19 heavy (non-hydrogen) atoms. The monoisotopic (exact) mass is 264 g/mol. The van der Waals surface area contributed by atoms with Crippen LogP contribution in [0, 0.1) is 5.41 Å². The van der Waals surface area contributed by atoms with Crippen molar-refractivity contribution in [2.45, 2.75) is 26.8 Å². The molecule has 1 heterocycles. The third kappa shape index (κ3) is 3.85. The minimum Gasteiger partial charge on any atom is -0.454 e. The zero-order chi connectivity index (χ0) is 13.9. The lowest BCUT2D eigenvalue weighted by atomic mass is 9.89. The molecular weight excluding hydrogens is 240 g/mol. The van der Waals surface area contributed by atoms with Crippen LogP contribution in [0.4, 0.5) is 0 Å². The van der Waals surface area contributed by atoms with E-state index >= 15 is 0 Å². The molecule has 0 unspecified atom stereocenters. The van der Waals surface area contributed by atoms with Crippen molar-refractivity contribution in [1.82, 2.24) is 4.90 Å². The van der Waals surface area contributed by atoms with E-state index in [0.717, 1.165) is 37.6 Å². The number of hydrogen-bond acceptors (Lipinski definition) is 4. The van der Waals surface area contributed by atoms with Gasteiger partial charge < -0.3 is 20.1 Å². The van der Waals surface area contributed by atoms with E-state index in [1.165, 1.54) is 5.56 Å². The average molecular weight is 264 g/mol. The lowest BCUT2D eigenvalue weighted by Crippen LogP contribution is -2.32. The summed E-state index contributed by atoms with van der Waals surface area (Å²) >= 11 is 0. The van der Waals surface area contributed by atoms with Gasteiger partial charge in [-0.2, -0.15) is 0 Å². The highest BCUT2D eigenvalue weighted by molar-refractivity contribution is 5.44. The van der Waals surface area contributed by atoms with Crippen molar-refractivity contribution in [1.29, 1.82) is 0 Å². The lowest BCUT2D eigenvalue weighted by Gasteiger charge is -2.30. The molecule has 1 aromatic rings. The Morgan fingerprint density at radius 2 is 2.00 bits per heavy atom. The van der Waals surface area contributed by atoms with Gasteiger partial charge in [-0.05, 0) is 43.1 Å². The van der Waals surface area contributed by atoms with E-state index in [0.29, 0.717) is 6.79 Å². The fourth-order valence-electron chi connectivity index (χ4n) is 2.61. The van der Waals surface area contributed by atoms with Crippen LogP contribution in [0.15, 0.2) is 18.2 Å². The van der Waals surface area contributed by atoms with Gasteiger partial charge in [0.25, 0.3) is 0 Å². The highest BCUT2D eigenvalue weighted by Crippen LogP contribution is 2.33. The summed E-state index contributed by atoms with van der Waals surface area (Å²) in [6.07, 6.45) is 1.04. The van der Waals surface area contributed by atoms with Gasteiger partial charge in [-0.1, -0.05) is 19.9 Å². The van der Waals surface area contributed by atoms with Gasteiger partial charge in [-0.3, -0.25) is 0 Å². The summed E-state index contributed by atoms with van der Waals surface area (Å²) < 4.78 is 10.7. The number of nitrogens with two attached hydrogens (primary N) is 1. The highest BCUT2D eigenvalue weighted by atomic mass is 16.7. The van der Waals surface area contributed by atoms with Crippen molar-refractivity contribution in [2.75, 3.05) is 26.9 Å². The Kier molecular flexibility index (Phi) is 4.32. The Balaban J connectivity index is 1.93. The summed E-state index contributed by atoms with van der Waals surface area (Å²) in [5, 5.41) is 0. The molecule has 0 bridgehead atoms. The standard InChI is InChI=1S/C15H24N2O2/c1-15(2,6-7-16)10-17(3)9-12-4-5-13-14(8-12)19-11-18-13/h4-5,8H,6-7,9-11,16H2,1-3H3. The second kappa shape index (κ2) is 5.80. The summed E-state index contributed by atoms with van der Waals surface area (Å²) in [6.45, 7) is 7.53. The molecule has 106 valence electrons. The van der Waals surface area contributed by atoms with E-state index in [-0.39, 0.29) is 5.41 Å². The summed E-state index contributed by atoms with van der Waals surface area (Å²) in [6, 6.07) is 6.14. The Morgan fingerprint density at radius 1 is 1.26 bits per heavy atom. The van der Waals surface area contributed by atoms with E-state index in [1.807, 2.05) is 6.07 Å². The largest absolute Gasteiger partial charge is 0.454 e. The van der Waals surface area contributed by atoms with Gasteiger partial charge in [0, 0.05) is 13.1 Å². The van der Waals surface area contributed by atoms with Gasteiger partial charge >= 0.3 is 0 Å². The van der Waals surface area contributed by atoms with Gasteiger partial charge in [-0.15, -0.1) is 0 Å². The summed E-state index contributed by atoms with van der Waals surface area (Å²) in [5.74, 6) is 1.70. The Morgan fingerprint density at radius 3 is 2.74 bits per heavy atom. The van der Waals surface area contributed by atoms with Gasteiger partial charge in [0.1, 0.15) is 0 Å². The number of nitrogens with zero attached hydrogens (tertiary/aromatic N) is 1. The first-order valence-electron chi connectivity index (χ1n) is 6.77. The maximum Gasteiger partial charge on any atom is 0.231 e. The molecular formula is C15H24N2O2. The van der Waals surface area contributed by atoms with Crippen LogP contribution in [-0.4, -0.2) is 31.8 Å². The molecule has 1 aromatic carbocycles. The van der Waals surface area contributed by atoms with Crippen LogP contribution in [0.25, 0.3) is 0 Å². The summed E-state index contributed by atoms with van der Waals surface area (Å²) in [4.78, 5) is 2.33. The van der Waals surface area contributed by atoms with Gasteiger partial charge in [0.2, 0.25) is 6.79 Å². The topological polar surface area (TPSA) is 47.7 Å². The van der Waals surface area contributed by atoms with Crippen molar-refractivity contribution >= 4 is 0 Å².